The number of esters is 1. The molecule has 2 heterocycles. The number of hydrazone groups is 1. The quantitative estimate of drug-likeness (QED) is 0.0798. The standard InChI is InChI=1S/C27H15Br3ClN3O4/c28-15-7-8-21-18(11-15)23(17-4-1-2-5-20(17)31)24(33-21)26(35)34-32-13-14-10-16(29)12-19(30)25(14)38-27(36)22-6-3-9-37-22/h1-13,33H,(H,34,35). The maximum absolute atomic E-state index is 13.3. The first kappa shape index (κ1) is 26.4. The highest BCUT2D eigenvalue weighted by molar-refractivity contribution is 9.11. The average molecular weight is 721 g/mol. The monoisotopic (exact) mass is 717 g/mol. The number of fused-ring (bicyclic) bond motifs is 1. The number of carbonyl (C=O) groups excluding carboxylic acids is 2. The summed E-state index contributed by atoms with van der Waals surface area (Å²) in [5.41, 5.74) is 5.40. The number of nitrogens with zero attached hydrogens (tertiary/aromatic N) is 1. The maximum atomic E-state index is 13.3. The van der Waals surface area contributed by atoms with Crippen LogP contribution in [0.1, 0.15) is 26.6 Å². The number of nitrogens with one attached hydrogen (secondary N) is 2. The molecule has 0 aliphatic heterocycles. The molecule has 2 N–H and O–H groups in total. The second-order valence-corrected chi connectivity index (χ2v) is 11.0. The molecule has 0 bridgehead atoms. The molecular formula is C27H15Br3ClN3O4. The lowest BCUT2D eigenvalue weighted by atomic mass is 10.0. The summed E-state index contributed by atoms with van der Waals surface area (Å²) in [6.07, 6.45) is 2.76. The zero-order chi connectivity index (χ0) is 26.8. The van der Waals surface area contributed by atoms with E-state index in [4.69, 9.17) is 20.8 Å². The minimum Gasteiger partial charge on any atom is -0.457 e. The summed E-state index contributed by atoms with van der Waals surface area (Å²) in [6.45, 7) is 0. The van der Waals surface area contributed by atoms with E-state index in [1.54, 1.807) is 24.3 Å². The predicted molar refractivity (Wildman–Crippen MR) is 157 cm³/mol. The normalized spacial score (nSPS) is 11.3. The highest BCUT2D eigenvalue weighted by Crippen LogP contribution is 2.38. The molecule has 1 amide bonds. The van der Waals surface area contributed by atoms with Gasteiger partial charge >= 0.3 is 5.97 Å². The van der Waals surface area contributed by atoms with E-state index in [0.29, 0.717) is 36.4 Å². The van der Waals surface area contributed by atoms with Crippen LogP contribution in [0.3, 0.4) is 0 Å². The third-order valence-electron chi connectivity index (χ3n) is 5.45. The van der Waals surface area contributed by atoms with Crippen molar-refractivity contribution in [2.45, 2.75) is 0 Å². The molecule has 0 saturated carbocycles. The number of H-pyrrole nitrogens is 1. The van der Waals surface area contributed by atoms with E-state index < -0.39 is 11.9 Å². The Balaban J connectivity index is 1.47. The average Bonchev–Trinajstić information content (AvgIpc) is 3.55. The van der Waals surface area contributed by atoms with Crippen LogP contribution < -0.4 is 10.2 Å². The van der Waals surface area contributed by atoms with Crippen LogP contribution >= 0.6 is 59.4 Å². The Kier molecular flexibility index (Phi) is 7.85. The molecule has 3 aromatic carbocycles. The van der Waals surface area contributed by atoms with Crippen LogP contribution in [0, 0.1) is 0 Å². The molecule has 0 aliphatic carbocycles. The fourth-order valence-electron chi connectivity index (χ4n) is 3.82. The van der Waals surface area contributed by atoms with Gasteiger partial charge < -0.3 is 14.1 Å². The second-order valence-electron chi connectivity index (χ2n) is 7.92. The fourth-order valence-corrected chi connectivity index (χ4v) is 5.75. The maximum Gasteiger partial charge on any atom is 0.379 e. The zero-order valence-electron chi connectivity index (χ0n) is 19.1. The number of furan rings is 1. The van der Waals surface area contributed by atoms with Gasteiger partial charge in [0.2, 0.25) is 5.76 Å². The van der Waals surface area contributed by atoms with Gasteiger partial charge in [0.1, 0.15) is 5.69 Å². The van der Waals surface area contributed by atoms with Crippen molar-refractivity contribution in [1.29, 1.82) is 0 Å². The molecule has 0 fully saturated rings. The van der Waals surface area contributed by atoms with E-state index in [1.165, 1.54) is 18.5 Å². The van der Waals surface area contributed by atoms with Crippen molar-refractivity contribution in [2.24, 2.45) is 5.10 Å². The van der Waals surface area contributed by atoms with Crippen molar-refractivity contribution in [3.05, 3.63) is 108 Å². The van der Waals surface area contributed by atoms with Gasteiger partial charge in [-0.3, -0.25) is 4.79 Å². The number of carbonyl (C=O) groups is 2. The lowest BCUT2D eigenvalue weighted by molar-refractivity contribution is 0.0699. The molecule has 0 radical (unpaired) electrons. The highest BCUT2D eigenvalue weighted by Gasteiger charge is 2.21. The Morgan fingerprint density at radius 2 is 1.82 bits per heavy atom. The van der Waals surface area contributed by atoms with Gasteiger partial charge in [0.05, 0.1) is 17.0 Å². The first-order valence-corrected chi connectivity index (χ1v) is 13.7. The van der Waals surface area contributed by atoms with Crippen LogP contribution in [-0.2, 0) is 0 Å². The fraction of sp³-hybridized carbons (Fsp3) is 0. The Morgan fingerprint density at radius 1 is 1.00 bits per heavy atom. The molecule has 0 aliphatic rings. The molecule has 0 saturated heterocycles. The summed E-state index contributed by atoms with van der Waals surface area (Å²) in [5.74, 6) is -0.898. The zero-order valence-corrected chi connectivity index (χ0v) is 24.6. The largest absolute Gasteiger partial charge is 0.457 e. The minimum atomic E-state index is -0.676. The Labute approximate surface area is 246 Å². The van der Waals surface area contributed by atoms with E-state index in [-0.39, 0.29) is 11.5 Å². The molecule has 7 nitrogen and oxygen atoms in total. The number of benzene rings is 3. The van der Waals surface area contributed by atoms with Crippen molar-refractivity contribution in [1.82, 2.24) is 10.4 Å². The third-order valence-corrected chi connectivity index (χ3v) is 7.32. The number of aromatic amines is 1. The lowest BCUT2D eigenvalue weighted by Gasteiger charge is -2.10. The van der Waals surface area contributed by atoms with Crippen LogP contribution in [0.15, 0.2) is 95.9 Å². The first-order valence-electron chi connectivity index (χ1n) is 11.0. The molecule has 5 aromatic rings. The molecule has 38 heavy (non-hydrogen) atoms. The van der Waals surface area contributed by atoms with Gasteiger partial charge in [-0.15, -0.1) is 0 Å². The van der Waals surface area contributed by atoms with Crippen molar-refractivity contribution < 1.29 is 18.7 Å². The molecule has 190 valence electrons. The summed E-state index contributed by atoms with van der Waals surface area (Å²) in [7, 11) is 0. The van der Waals surface area contributed by atoms with Gasteiger partial charge in [-0.25, -0.2) is 10.2 Å². The van der Waals surface area contributed by atoms with Gasteiger partial charge in [-0.05, 0) is 64.5 Å². The van der Waals surface area contributed by atoms with E-state index in [1.807, 2.05) is 36.4 Å². The van der Waals surface area contributed by atoms with Gasteiger partial charge in [0, 0.05) is 41.6 Å². The summed E-state index contributed by atoms with van der Waals surface area (Å²) < 4.78 is 12.7. The molecular weight excluding hydrogens is 705 g/mol. The third kappa shape index (κ3) is 5.49. The van der Waals surface area contributed by atoms with E-state index >= 15 is 0 Å². The van der Waals surface area contributed by atoms with Crippen LogP contribution in [0.5, 0.6) is 5.75 Å². The molecule has 0 atom stereocenters. The Morgan fingerprint density at radius 3 is 2.58 bits per heavy atom. The van der Waals surface area contributed by atoms with Crippen molar-refractivity contribution in [2.75, 3.05) is 0 Å². The van der Waals surface area contributed by atoms with Crippen LogP contribution in [0.2, 0.25) is 5.02 Å². The van der Waals surface area contributed by atoms with Crippen molar-refractivity contribution in [3.63, 3.8) is 0 Å². The summed E-state index contributed by atoms with van der Waals surface area (Å²) in [4.78, 5) is 29.0. The van der Waals surface area contributed by atoms with E-state index in [9.17, 15) is 9.59 Å². The SMILES string of the molecule is O=C(Oc1c(Br)cc(Br)cc1C=NNC(=O)c1[nH]c2ccc(Br)cc2c1-c1ccccc1Cl)c1ccco1. The van der Waals surface area contributed by atoms with Crippen LogP contribution in [-0.4, -0.2) is 23.1 Å². The number of amides is 1. The van der Waals surface area contributed by atoms with Gasteiger partial charge in [0.25, 0.3) is 5.91 Å². The second kappa shape index (κ2) is 11.3. The van der Waals surface area contributed by atoms with Gasteiger partial charge in [0.15, 0.2) is 5.75 Å². The van der Waals surface area contributed by atoms with E-state index in [2.05, 4.69) is 63.3 Å². The number of rotatable bonds is 6. The smallest absolute Gasteiger partial charge is 0.379 e. The summed E-state index contributed by atoms with van der Waals surface area (Å²) >= 11 is 16.8. The topological polar surface area (TPSA) is 96.7 Å². The van der Waals surface area contributed by atoms with E-state index in [0.717, 1.165) is 15.4 Å². The highest BCUT2D eigenvalue weighted by atomic mass is 79.9. The first-order chi connectivity index (χ1) is 18.3. The van der Waals surface area contributed by atoms with Gasteiger partial charge in [-0.2, -0.15) is 5.10 Å². The Hall–Kier alpha value is -3.18. The molecule has 0 spiro atoms. The number of hydrogen-bond acceptors (Lipinski definition) is 5. The number of hydrogen-bond donors (Lipinski definition) is 2. The minimum absolute atomic E-state index is 0.0496. The summed E-state index contributed by atoms with van der Waals surface area (Å²) in [5, 5.41) is 5.46. The van der Waals surface area contributed by atoms with Gasteiger partial charge in [-0.1, -0.05) is 61.7 Å². The van der Waals surface area contributed by atoms with Crippen molar-refractivity contribution >= 4 is 88.4 Å². The molecule has 2 aromatic heterocycles. The lowest BCUT2D eigenvalue weighted by Crippen LogP contribution is -2.19. The molecule has 5 rings (SSSR count). The number of ether oxygens (including phenoxy) is 1. The number of aromatic nitrogens is 1. The molecule has 0 unspecified atom stereocenters. The van der Waals surface area contributed by atoms with Crippen LogP contribution in [0.4, 0.5) is 0 Å². The van der Waals surface area contributed by atoms with Crippen LogP contribution in [0.25, 0.3) is 22.0 Å². The van der Waals surface area contributed by atoms with Crippen molar-refractivity contribution in [3.8, 4) is 16.9 Å². The molecule has 11 heteroatoms. The Bertz CT molecular complexity index is 1710. The predicted octanol–water partition coefficient (Wildman–Crippen LogP) is 8.35. The summed E-state index contributed by atoms with van der Waals surface area (Å²) in [6, 6.07) is 19.5. The number of halogens is 4.